The van der Waals surface area contributed by atoms with Gasteiger partial charge in [-0.1, -0.05) is 6.07 Å². The van der Waals surface area contributed by atoms with Gasteiger partial charge in [-0.05, 0) is 29.8 Å². The van der Waals surface area contributed by atoms with Crippen molar-refractivity contribution in [3.8, 4) is 5.75 Å². The summed E-state index contributed by atoms with van der Waals surface area (Å²) >= 11 is 0. The van der Waals surface area contributed by atoms with Gasteiger partial charge in [-0.25, -0.2) is 4.98 Å². The number of nitrogens with two attached hydrogens (primary N) is 1. The molecule has 1 heterocycles. The second kappa shape index (κ2) is 5.90. The molecule has 0 bridgehead atoms. The van der Waals surface area contributed by atoms with Crippen molar-refractivity contribution in [2.45, 2.75) is 12.7 Å². The van der Waals surface area contributed by atoms with Crippen molar-refractivity contribution in [2.24, 2.45) is 0 Å². The third-order valence-corrected chi connectivity index (χ3v) is 2.87. The van der Waals surface area contributed by atoms with E-state index < -0.39 is 11.7 Å². The lowest BCUT2D eigenvalue weighted by atomic mass is 10.2. The summed E-state index contributed by atoms with van der Waals surface area (Å²) in [5.41, 5.74) is 6.11. The fraction of sp³-hybridized carbons (Fsp3) is 0.214. The molecule has 7 heteroatoms. The van der Waals surface area contributed by atoms with Crippen molar-refractivity contribution in [1.82, 2.24) is 4.98 Å². The van der Waals surface area contributed by atoms with Crippen LogP contribution in [0.1, 0.15) is 11.1 Å². The zero-order chi connectivity index (χ0) is 15.5. The fourth-order valence-corrected chi connectivity index (χ4v) is 1.85. The van der Waals surface area contributed by atoms with Gasteiger partial charge in [0.2, 0.25) is 0 Å². The Kier molecular flexibility index (Phi) is 4.21. The highest BCUT2D eigenvalue weighted by atomic mass is 19.4. The minimum atomic E-state index is -4.45. The molecule has 0 unspecified atom stereocenters. The summed E-state index contributed by atoms with van der Waals surface area (Å²) in [7, 11) is 1.49. The maximum Gasteiger partial charge on any atom is 0.419 e. The highest BCUT2D eigenvalue weighted by Gasteiger charge is 2.33. The number of ether oxygens (including phenoxy) is 1. The van der Waals surface area contributed by atoms with Crippen LogP contribution in [0.4, 0.5) is 24.7 Å². The molecule has 4 nitrogen and oxygen atoms in total. The molecule has 21 heavy (non-hydrogen) atoms. The summed E-state index contributed by atoms with van der Waals surface area (Å²) in [6.45, 7) is 0.175. The molecule has 2 aromatic rings. The monoisotopic (exact) mass is 297 g/mol. The first kappa shape index (κ1) is 15.0. The highest BCUT2D eigenvalue weighted by molar-refractivity contribution is 5.55. The van der Waals surface area contributed by atoms with E-state index in [4.69, 9.17) is 10.5 Å². The Morgan fingerprint density at radius 1 is 1.29 bits per heavy atom. The second-order valence-electron chi connectivity index (χ2n) is 4.33. The van der Waals surface area contributed by atoms with Gasteiger partial charge in [0.15, 0.2) is 0 Å². The molecule has 0 radical (unpaired) electrons. The summed E-state index contributed by atoms with van der Waals surface area (Å²) in [5, 5.41) is 2.67. The van der Waals surface area contributed by atoms with Gasteiger partial charge in [0.05, 0.1) is 18.4 Å². The molecule has 0 aliphatic rings. The molecule has 112 valence electrons. The third-order valence-electron chi connectivity index (χ3n) is 2.87. The van der Waals surface area contributed by atoms with E-state index >= 15 is 0 Å². The lowest BCUT2D eigenvalue weighted by Gasteiger charge is -2.13. The lowest BCUT2D eigenvalue weighted by molar-refractivity contribution is -0.137. The molecule has 3 N–H and O–H groups in total. The molecule has 0 amide bonds. The van der Waals surface area contributed by atoms with Crippen LogP contribution in [0.25, 0.3) is 0 Å². The van der Waals surface area contributed by atoms with Gasteiger partial charge >= 0.3 is 6.18 Å². The molecule has 0 spiro atoms. The van der Waals surface area contributed by atoms with Gasteiger partial charge < -0.3 is 15.8 Å². The van der Waals surface area contributed by atoms with Crippen LogP contribution < -0.4 is 15.8 Å². The number of nitrogen functional groups attached to an aromatic ring is 1. The van der Waals surface area contributed by atoms with E-state index in [-0.39, 0.29) is 12.4 Å². The molecular formula is C14H14F3N3O. The van der Waals surface area contributed by atoms with Crippen LogP contribution in [0.2, 0.25) is 0 Å². The Morgan fingerprint density at radius 2 is 2.05 bits per heavy atom. The molecule has 0 saturated heterocycles. The number of benzene rings is 1. The van der Waals surface area contributed by atoms with E-state index in [0.717, 1.165) is 11.6 Å². The topological polar surface area (TPSA) is 60.2 Å². The van der Waals surface area contributed by atoms with Crippen LogP contribution in [0.5, 0.6) is 5.75 Å². The largest absolute Gasteiger partial charge is 0.495 e. The zero-order valence-corrected chi connectivity index (χ0v) is 11.2. The van der Waals surface area contributed by atoms with Crippen molar-refractivity contribution in [3.63, 3.8) is 0 Å². The molecular weight excluding hydrogens is 283 g/mol. The van der Waals surface area contributed by atoms with Crippen LogP contribution in [0.15, 0.2) is 36.5 Å². The Bertz CT molecular complexity index is 629. The number of hydrogen-bond acceptors (Lipinski definition) is 4. The van der Waals surface area contributed by atoms with Gasteiger partial charge in [-0.2, -0.15) is 13.2 Å². The maximum atomic E-state index is 12.8. The minimum absolute atomic E-state index is 0.175. The van der Waals surface area contributed by atoms with Crippen molar-refractivity contribution < 1.29 is 17.9 Å². The van der Waals surface area contributed by atoms with Gasteiger partial charge in [0.25, 0.3) is 0 Å². The van der Waals surface area contributed by atoms with Crippen LogP contribution >= 0.6 is 0 Å². The minimum Gasteiger partial charge on any atom is -0.495 e. The number of pyridine rings is 1. The van der Waals surface area contributed by atoms with E-state index in [1.807, 2.05) is 0 Å². The number of methoxy groups -OCH3 is 1. The van der Waals surface area contributed by atoms with Crippen molar-refractivity contribution in [3.05, 3.63) is 47.7 Å². The molecule has 0 aliphatic carbocycles. The first-order valence-corrected chi connectivity index (χ1v) is 6.10. The standard InChI is InChI=1S/C14H14F3N3O/c1-21-12-5-4-9(7-11(12)18)8-20-13-10(14(15,16)17)3-2-6-19-13/h2-7H,8,18H2,1H3,(H,19,20). The van der Waals surface area contributed by atoms with E-state index in [0.29, 0.717) is 11.4 Å². The Labute approximate surface area is 119 Å². The van der Waals surface area contributed by atoms with Gasteiger partial charge in [0.1, 0.15) is 11.6 Å². The Balaban J connectivity index is 2.15. The van der Waals surface area contributed by atoms with E-state index in [2.05, 4.69) is 10.3 Å². The summed E-state index contributed by atoms with van der Waals surface area (Å²) in [5.74, 6) is 0.312. The van der Waals surface area contributed by atoms with E-state index in [9.17, 15) is 13.2 Å². The van der Waals surface area contributed by atoms with Crippen molar-refractivity contribution >= 4 is 11.5 Å². The molecule has 0 fully saturated rings. The maximum absolute atomic E-state index is 12.8. The summed E-state index contributed by atoms with van der Waals surface area (Å²) in [4.78, 5) is 3.73. The smallest absolute Gasteiger partial charge is 0.419 e. The molecule has 1 aromatic carbocycles. The van der Waals surface area contributed by atoms with Crippen LogP contribution in [0.3, 0.4) is 0 Å². The number of rotatable bonds is 4. The zero-order valence-electron chi connectivity index (χ0n) is 11.2. The number of halogens is 3. The number of anilines is 2. The van der Waals surface area contributed by atoms with E-state index in [1.165, 1.54) is 19.4 Å². The third kappa shape index (κ3) is 3.56. The first-order valence-electron chi connectivity index (χ1n) is 6.10. The predicted molar refractivity (Wildman–Crippen MR) is 74.0 cm³/mol. The molecule has 2 rings (SSSR count). The Morgan fingerprint density at radius 3 is 2.67 bits per heavy atom. The molecule has 0 atom stereocenters. The van der Waals surface area contributed by atoms with Crippen molar-refractivity contribution in [2.75, 3.05) is 18.2 Å². The number of nitrogens with zero attached hydrogens (tertiary/aromatic N) is 1. The first-order chi connectivity index (χ1) is 9.91. The molecule has 0 saturated carbocycles. The van der Waals surface area contributed by atoms with Crippen LogP contribution in [-0.2, 0) is 12.7 Å². The van der Waals surface area contributed by atoms with Crippen LogP contribution in [0, 0.1) is 0 Å². The average molecular weight is 297 g/mol. The summed E-state index contributed by atoms with van der Waals surface area (Å²) in [6, 6.07) is 7.26. The van der Waals surface area contributed by atoms with Gasteiger partial charge in [-0.3, -0.25) is 0 Å². The van der Waals surface area contributed by atoms with E-state index in [1.54, 1.807) is 18.2 Å². The SMILES string of the molecule is COc1ccc(CNc2ncccc2C(F)(F)F)cc1N. The average Bonchev–Trinajstić information content (AvgIpc) is 2.44. The molecule has 1 aromatic heterocycles. The lowest BCUT2D eigenvalue weighted by Crippen LogP contribution is -2.12. The number of alkyl halides is 3. The predicted octanol–water partition coefficient (Wildman–Crippen LogP) is 3.30. The number of aromatic nitrogens is 1. The van der Waals surface area contributed by atoms with Crippen LogP contribution in [-0.4, -0.2) is 12.1 Å². The van der Waals surface area contributed by atoms with Gasteiger partial charge in [0, 0.05) is 12.7 Å². The van der Waals surface area contributed by atoms with Gasteiger partial charge in [-0.15, -0.1) is 0 Å². The van der Waals surface area contributed by atoms with Crippen molar-refractivity contribution in [1.29, 1.82) is 0 Å². The normalized spacial score (nSPS) is 11.2. The number of nitrogens with one attached hydrogen (secondary N) is 1. The quantitative estimate of drug-likeness (QED) is 0.850. The fourth-order valence-electron chi connectivity index (χ4n) is 1.85. The number of hydrogen-bond donors (Lipinski definition) is 2. The summed E-state index contributed by atoms with van der Waals surface area (Å²) in [6.07, 6.45) is -3.14. The Hall–Kier alpha value is -2.44. The summed E-state index contributed by atoms with van der Waals surface area (Å²) < 4.78 is 43.5. The highest BCUT2D eigenvalue weighted by Crippen LogP contribution is 2.33. The second-order valence-corrected chi connectivity index (χ2v) is 4.33. The molecule has 0 aliphatic heterocycles.